The first-order chi connectivity index (χ1) is 8.04. The Morgan fingerprint density at radius 2 is 2.24 bits per heavy atom. The Morgan fingerprint density at radius 1 is 1.53 bits per heavy atom. The molecule has 0 unspecified atom stereocenters. The summed E-state index contributed by atoms with van der Waals surface area (Å²) in [5, 5.41) is 2.99. The van der Waals surface area contributed by atoms with Crippen molar-refractivity contribution in [3.05, 3.63) is 23.8 Å². The molecule has 17 heavy (non-hydrogen) atoms. The first-order valence-electron chi connectivity index (χ1n) is 5.89. The summed E-state index contributed by atoms with van der Waals surface area (Å²) in [5.41, 5.74) is 6.89. The highest BCUT2D eigenvalue weighted by Gasteiger charge is 2.38. The average molecular weight is 234 g/mol. The van der Waals surface area contributed by atoms with Crippen molar-refractivity contribution in [3.8, 4) is 5.75 Å². The van der Waals surface area contributed by atoms with Gasteiger partial charge in [0.2, 0.25) is 0 Å². The van der Waals surface area contributed by atoms with E-state index >= 15 is 0 Å². The summed E-state index contributed by atoms with van der Waals surface area (Å²) in [7, 11) is 0. The van der Waals surface area contributed by atoms with Crippen LogP contribution >= 0.6 is 0 Å². The lowest BCUT2D eigenvalue weighted by Crippen LogP contribution is -2.34. The molecule has 0 atom stereocenters. The van der Waals surface area contributed by atoms with Gasteiger partial charge in [-0.25, -0.2) is 0 Å². The van der Waals surface area contributed by atoms with Crippen LogP contribution in [0.2, 0.25) is 0 Å². The summed E-state index contributed by atoms with van der Waals surface area (Å²) < 4.78 is 5.33. The van der Waals surface area contributed by atoms with E-state index in [1.807, 2.05) is 13.8 Å². The molecule has 0 spiro atoms. The van der Waals surface area contributed by atoms with E-state index in [4.69, 9.17) is 10.5 Å². The number of anilines is 1. The zero-order chi connectivity index (χ0) is 12.5. The molecule has 2 rings (SSSR count). The molecule has 1 aliphatic carbocycles. The fraction of sp³-hybridized carbons (Fsp3) is 0.462. The van der Waals surface area contributed by atoms with Gasteiger partial charge >= 0.3 is 0 Å². The molecular weight excluding hydrogens is 216 g/mol. The topological polar surface area (TPSA) is 64.3 Å². The lowest BCUT2D eigenvalue weighted by atomic mass is 10.1. The first-order valence-corrected chi connectivity index (χ1v) is 5.89. The van der Waals surface area contributed by atoms with Crippen molar-refractivity contribution in [1.29, 1.82) is 0 Å². The van der Waals surface area contributed by atoms with E-state index in [1.54, 1.807) is 18.2 Å². The number of nitrogen functional groups attached to an aromatic ring is 1. The van der Waals surface area contributed by atoms with Crippen LogP contribution < -0.4 is 15.8 Å². The maximum absolute atomic E-state index is 11.9. The number of hydrogen-bond acceptors (Lipinski definition) is 3. The van der Waals surface area contributed by atoms with Crippen molar-refractivity contribution in [2.24, 2.45) is 0 Å². The Hall–Kier alpha value is -1.71. The van der Waals surface area contributed by atoms with Crippen LogP contribution in [0, 0.1) is 0 Å². The van der Waals surface area contributed by atoms with Crippen LogP contribution in [-0.2, 0) is 0 Å². The minimum Gasteiger partial charge on any atom is -0.492 e. The quantitative estimate of drug-likeness (QED) is 0.783. The van der Waals surface area contributed by atoms with E-state index in [0.29, 0.717) is 23.6 Å². The minimum atomic E-state index is -0.0697. The Labute approximate surface area is 101 Å². The summed E-state index contributed by atoms with van der Waals surface area (Å²) >= 11 is 0. The number of ether oxygens (including phenoxy) is 1. The number of nitrogens with two attached hydrogens (primary N) is 1. The molecule has 1 fully saturated rings. The molecule has 4 heteroatoms. The Morgan fingerprint density at radius 3 is 2.76 bits per heavy atom. The third-order valence-electron chi connectivity index (χ3n) is 2.99. The van der Waals surface area contributed by atoms with Crippen molar-refractivity contribution < 1.29 is 9.53 Å². The third-order valence-corrected chi connectivity index (χ3v) is 2.99. The predicted octanol–water partition coefficient (Wildman–Crippen LogP) is 1.95. The molecule has 4 nitrogen and oxygen atoms in total. The highest BCUT2D eigenvalue weighted by molar-refractivity contribution is 5.96. The molecule has 0 aliphatic heterocycles. The fourth-order valence-electron chi connectivity index (χ4n) is 1.64. The summed E-state index contributed by atoms with van der Waals surface area (Å²) in [6.45, 7) is 4.50. The lowest BCUT2D eigenvalue weighted by Gasteiger charge is -2.13. The molecule has 0 aromatic heterocycles. The van der Waals surface area contributed by atoms with E-state index < -0.39 is 0 Å². The van der Waals surface area contributed by atoms with E-state index in [-0.39, 0.29) is 11.4 Å². The number of carbonyl (C=O) groups is 1. The van der Waals surface area contributed by atoms with E-state index in [0.717, 1.165) is 12.8 Å². The van der Waals surface area contributed by atoms with Gasteiger partial charge in [0.25, 0.3) is 5.91 Å². The zero-order valence-electron chi connectivity index (χ0n) is 10.2. The van der Waals surface area contributed by atoms with Gasteiger partial charge in [-0.3, -0.25) is 4.79 Å². The Balaban J connectivity index is 2.10. The summed E-state index contributed by atoms with van der Waals surface area (Å²) in [6.07, 6.45) is 2.09. The van der Waals surface area contributed by atoms with Crippen LogP contribution in [0.4, 0.5) is 5.69 Å². The van der Waals surface area contributed by atoms with Crippen molar-refractivity contribution in [1.82, 2.24) is 5.32 Å². The van der Waals surface area contributed by atoms with Crippen LogP contribution in [0.5, 0.6) is 5.75 Å². The second-order valence-electron chi connectivity index (χ2n) is 4.70. The van der Waals surface area contributed by atoms with E-state index in [2.05, 4.69) is 5.32 Å². The largest absolute Gasteiger partial charge is 0.492 e. The van der Waals surface area contributed by atoms with E-state index in [1.165, 1.54) is 0 Å². The molecule has 0 bridgehead atoms. The minimum absolute atomic E-state index is 0.00949. The number of rotatable bonds is 4. The number of carbonyl (C=O) groups excluding carboxylic acids is 1. The maximum Gasteiger partial charge on any atom is 0.251 e. The van der Waals surface area contributed by atoms with Gasteiger partial charge in [0, 0.05) is 11.1 Å². The van der Waals surface area contributed by atoms with Gasteiger partial charge in [0.05, 0.1) is 12.3 Å². The van der Waals surface area contributed by atoms with Crippen LogP contribution in [-0.4, -0.2) is 18.1 Å². The third kappa shape index (κ3) is 2.70. The summed E-state index contributed by atoms with van der Waals surface area (Å²) in [6, 6.07) is 5.14. The van der Waals surface area contributed by atoms with Gasteiger partial charge in [-0.15, -0.1) is 0 Å². The molecule has 1 aliphatic rings. The van der Waals surface area contributed by atoms with Gasteiger partial charge in [0.1, 0.15) is 5.75 Å². The fourth-order valence-corrected chi connectivity index (χ4v) is 1.64. The molecule has 0 saturated heterocycles. The van der Waals surface area contributed by atoms with Crippen molar-refractivity contribution in [2.75, 3.05) is 12.3 Å². The van der Waals surface area contributed by atoms with Gasteiger partial charge in [-0.05, 0) is 44.9 Å². The Bertz CT molecular complexity index is 439. The molecule has 92 valence electrons. The van der Waals surface area contributed by atoms with E-state index in [9.17, 15) is 4.79 Å². The molecular formula is C13H18N2O2. The Kier molecular flexibility index (Phi) is 2.96. The summed E-state index contributed by atoms with van der Waals surface area (Å²) in [5.74, 6) is 0.557. The molecule has 1 amide bonds. The van der Waals surface area contributed by atoms with Gasteiger partial charge in [0.15, 0.2) is 0 Å². The standard InChI is InChI=1S/C13H18N2O2/c1-3-17-11-5-4-9(8-10(11)14)12(16)15-13(2)6-7-13/h4-5,8H,3,6-7,14H2,1-2H3,(H,15,16). The van der Waals surface area contributed by atoms with Crippen LogP contribution in [0.15, 0.2) is 18.2 Å². The van der Waals surface area contributed by atoms with Crippen LogP contribution in [0.1, 0.15) is 37.0 Å². The monoisotopic (exact) mass is 234 g/mol. The van der Waals surface area contributed by atoms with Crippen molar-refractivity contribution in [3.63, 3.8) is 0 Å². The SMILES string of the molecule is CCOc1ccc(C(=O)NC2(C)CC2)cc1N. The predicted molar refractivity (Wildman–Crippen MR) is 67.1 cm³/mol. The molecule has 1 saturated carbocycles. The molecule has 3 N–H and O–H groups in total. The van der Waals surface area contributed by atoms with Crippen molar-refractivity contribution in [2.45, 2.75) is 32.2 Å². The van der Waals surface area contributed by atoms with Gasteiger partial charge in [-0.2, -0.15) is 0 Å². The highest BCUT2D eigenvalue weighted by Crippen LogP contribution is 2.34. The van der Waals surface area contributed by atoms with Gasteiger partial charge < -0.3 is 15.8 Å². The number of nitrogens with one attached hydrogen (secondary N) is 1. The average Bonchev–Trinajstić information content (AvgIpc) is 2.99. The normalized spacial score (nSPS) is 16.4. The van der Waals surface area contributed by atoms with Crippen LogP contribution in [0.25, 0.3) is 0 Å². The maximum atomic E-state index is 11.9. The lowest BCUT2D eigenvalue weighted by molar-refractivity contribution is 0.0935. The second-order valence-corrected chi connectivity index (χ2v) is 4.70. The number of hydrogen-bond donors (Lipinski definition) is 2. The zero-order valence-corrected chi connectivity index (χ0v) is 10.2. The number of benzene rings is 1. The molecule has 1 aromatic carbocycles. The molecule has 0 heterocycles. The van der Waals surface area contributed by atoms with Gasteiger partial charge in [-0.1, -0.05) is 0 Å². The number of amides is 1. The second kappa shape index (κ2) is 4.28. The highest BCUT2D eigenvalue weighted by atomic mass is 16.5. The smallest absolute Gasteiger partial charge is 0.251 e. The molecule has 1 aromatic rings. The first kappa shape index (κ1) is 11.8. The molecule has 0 radical (unpaired) electrons. The van der Waals surface area contributed by atoms with Crippen LogP contribution in [0.3, 0.4) is 0 Å². The summed E-state index contributed by atoms with van der Waals surface area (Å²) in [4.78, 5) is 11.9. The van der Waals surface area contributed by atoms with Crippen molar-refractivity contribution >= 4 is 11.6 Å².